The number of nitrogens with one attached hydrogen (secondary N) is 1. The molecule has 0 radical (unpaired) electrons. The van der Waals surface area contributed by atoms with Crippen LogP contribution >= 0.6 is 11.8 Å². The SMILES string of the molecule is CNC(=O)C1(N2C(=O)C3C(C)=C(c4ncco4)SC3N(CC(OC3CCOCC3)c3ccccc3OC)C2=O)CC1. The maximum atomic E-state index is 14.4. The number of oxazole rings is 1. The molecule has 4 heterocycles. The Balaban J connectivity index is 1.40. The van der Waals surface area contributed by atoms with Gasteiger partial charge in [-0.25, -0.2) is 14.7 Å². The minimum absolute atomic E-state index is 0.0632. The van der Waals surface area contributed by atoms with E-state index in [4.69, 9.17) is 18.6 Å². The van der Waals surface area contributed by atoms with Crippen LogP contribution in [-0.4, -0.2) is 83.6 Å². The number of carbonyl (C=O) groups is 3. The minimum Gasteiger partial charge on any atom is -0.496 e. The second kappa shape index (κ2) is 11.1. The van der Waals surface area contributed by atoms with E-state index < -0.39 is 29.0 Å². The van der Waals surface area contributed by atoms with Gasteiger partial charge in [0.25, 0.3) is 0 Å². The van der Waals surface area contributed by atoms with Gasteiger partial charge >= 0.3 is 6.03 Å². The van der Waals surface area contributed by atoms with Crippen LogP contribution in [0.1, 0.15) is 50.2 Å². The lowest BCUT2D eigenvalue weighted by atomic mass is 9.93. The molecule has 4 amide bonds. The smallest absolute Gasteiger partial charge is 0.328 e. The number of hydrogen-bond acceptors (Lipinski definition) is 9. The van der Waals surface area contributed by atoms with Crippen LogP contribution < -0.4 is 10.1 Å². The molecule has 1 aromatic heterocycles. The molecule has 6 rings (SSSR count). The molecule has 2 aromatic rings. The molecule has 1 aromatic carbocycles. The van der Waals surface area contributed by atoms with Gasteiger partial charge in [0.1, 0.15) is 23.7 Å². The number of fused-ring (bicyclic) bond motifs is 1. The van der Waals surface area contributed by atoms with Crippen LogP contribution in [0.25, 0.3) is 4.91 Å². The first-order chi connectivity index (χ1) is 19.9. The fourth-order valence-corrected chi connectivity index (χ4v) is 7.58. The van der Waals surface area contributed by atoms with E-state index in [1.165, 1.54) is 30.0 Å². The molecule has 3 atom stereocenters. The Labute approximate surface area is 242 Å². The summed E-state index contributed by atoms with van der Waals surface area (Å²) >= 11 is 1.39. The molecule has 1 aliphatic carbocycles. The molecule has 3 unspecified atom stereocenters. The summed E-state index contributed by atoms with van der Waals surface area (Å²) in [5, 5.41) is 2.11. The van der Waals surface area contributed by atoms with Crippen LogP contribution in [-0.2, 0) is 19.1 Å². The number of aromatic nitrogens is 1. The summed E-state index contributed by atoms with van der Waals surface area (Å²) in [5.41, 5.74) is 0.383. The number of rotatable bonds is 9. The first kappa shape index (κ1) is 27.8. The highest BCUT2D eigenvalue weighted by atomic mass is 32.2. The highest BCUT2D eigenvalue weighted by Crippen LogP contribution is 2.54. The van der Waals surface area contributed by atoms with Crippen LogP contribution in [0.15, 0.2) is 46.7 Å². The van der Waals surface area contributed by atoms with E-state index in [9.17, 15) is 14.4 Å². The molecular formula is C29H34N4O7S. The number of likely N-dealkylation sites (N-methyl/N-ethyl adjacent to an activating group) is 1. The number of methoxy groups -OCH3 is 1. The van der Waals surface area contributed by atoms with Crippen LogP contribution in [0.4, 0.5) is 4.79 Å². The Morgan fingerprint density at radius 1 is 1.24 bits per heavy atom. The Hall–Kier alpha value is -3.35. The van der Waals surface area contributed by atoms with Crippen LogP contribution in [0.5, 0.6) is 5.75 Å². The molecule has 41 heavy (non-hydrogen) atoms. The number of thioether (sulfide) groups is 1. The molecule has 218 valence electrons. The summed E-state index contributed by atoms with van der Waals surface area (Å²) in [6, 6.07) is 7.11. The molecule has 12 heteroatoms. The fraction of sp³-hybridized carbons (Fsp3) is 0.517. The van der Waals surface area contributed by atoms with Crippen molar-refractivity contribution in [3.63, 3.8) is 0 Å². The summed E-state index contributed by atoms with van der Waals surface area (Å²) < 4.78 is 23.5. The van der Waals surface area contributed by atoms with Crippen molar-refractivity contribution in [1.29, 1.82) is 0 Å². The van der Waals surface area contributed by atoms with Crippen LogP contribution in [0.2, 0.25) is 0 Å². The number of nitrogens with zero attached hydrogens (tertiary/aromatic N) is 3. The number of imide groups is 1. The van der Waals surface area contributed by atoms with Crippen molar-refractivity contribution in [3.05, 3.63) is 53.8 Å². The summed E-state index contributed by atoms with van der Waals surface area (Å²) in [6.07, 6.45) is 4.75. The number of ether oxygens (including phenoxy) is 3. The lowest BCUT2D eigenvalue weighted by Gasteiger charge is -2.46. The van der Waals surface area contributed by atoms with Gasteiger partial charge in [-0.05, 0) is 44.2 Å². The zero-order chi connectivity index (χ0) is 28.7. The molecule has 1 N–H and O–H groups in total. The summed E-state index contributed by atoms with van der Waals surface area (Å²) in [5.74, 6) is -0.319. The van der Waals surface area contributed by atoms with Crippen molar-refractivity contribution in [1.82, 2.24) is 20.1 Å². The largest absolute Gasteiger partial charge is 0.496 e. The zero-order valence-electron chi connectivity index (χ0n) is 23.3. The standard InChI is InChI=1S/C29H34N4O7S/c1-17-22-25(34)33(29(10-11-29)27(35)30-2)28(36)32(26(22)41-23(17)24-31-12-15-39-24)16-21(40-18-8-13-38-14-9-18)19-6-4-5-7-20(19)37-3/h4-7,12,15,18,21-22,26H,8-11,13-14,16H2,1-3H3,(H,30,35). The summed E-state index contributed by atoms with van der Waals surface area (Å²) in [7, 11) is 3.13. The van der Waals surface area contributed by atoms with Gasteiger partial charge in [0.2, 0.25) is 17.7 Å². The maximum Gasteiger partial charge on any atom is 0.328 e. The third-order valence-corrected chi connectivity index (χ3v) is 9.88. The van der Waals surface area contributed by atoms with Gasteiger partial charge in [0.15, 0.2) is 0 Å². The second-order valence-corrected chi connectivity index (χ2v) is 11.9. The minimum atomic E-state index is -1.19. The molecule has 0 bridgehead atoms. The van der Waals surface area contributed by atoms with E-state index in [2.05, 4.69) is 10.3 Å². The monoisotopic (exact) mass is 582 g/mol. The van der Waals surface area contributed by atoms with Gasteiger partial charge in [-0.1, -0.05) is 30.0 Å². The van der Waals surface area contributed by atoms with E-state index in [1.54, 1.807) is 18.2 Å². The van der Waals surface area contributed by atoms with Crippen molar-refractivity contribution < 1.29 is 33.0 Å². The molecule has 2 saturated heterocycles. The molecule has 1 saturated carbocycles. The number of para-hydroxylation sites is 1. The Morgan fingerprint density at radius 2 is 2.00 bits per heavy atom. The van der Waals surface area contributed by atoms with Crippen molar-refractivity contribution in [2.24, 2.45) is 5.92 Å². The first-order valence-corrected chi connectivity index (χ1v) is 14.8. The zero-order valence-corrected chi connectivity index (χ0v) is 24.1. The number of benzene rings is 1. The predicted octanol–water partition coefficient (Wildman–Crippen LogP) is 3.58. The van der Waals surface area contributed by atoms with Crippen molar-refractivity contribution >= 4 is 34.5 Å². The molecule has 3 aliphatic heterocycles. The van der Waals surface area contributed by atoms with Gasteiger partial charge in [-0.2, -0.15) is 0 Å². The highest BCUT2D eigenvalue weighted by Gasteiger charge is 2.64. The Kier molecular flexibility index (Phi) is 7.56. The average molecular weight is 583 g/mol. The maximum absolute atomic E-state index is 14.4. The lowest BCUT2D eigenvalue weighted by Crippen LogP contribution is -2.66. The number of urea groups is 1. The van der Waals surface area contributed by atoms with E-state index >= 15 is 0 Å². The summed E-state index contributed by atoms with van der Waals surface area (Å²) in [6.45, 7) is 3.24. The van der Waals surface area contributed by atoms with Gasteiger partial charge in [-0.3, -0.25) is 9.59 Å². The fourth-order valence-electron chi connectivity index (χ4n) is 6.06. The Bertz CT molecular complexity index is 1350. The lowest BCUT2D eigenvalue weighted by molar-refractivity contribution is -0.145. The van der Waals surface area contributed by atoms with Gasteiger partial charge < -0.3 is 28.8 Å². The van der Waals surface area contributed by atoms with Crippen LogP contribution in [0, 0.1) is 5.92 Å². The van der Waals surface area contributed by atoms with Crippen molar-refractivity contribution in [2.45, 2.75) is 55.7 Å². The highest BCUT2D eigenvalue weighted by molar-refractivity contribution is 8.09. The molecule has 4 aliphatic rings. The normalized spacial score (nSPS) is 24.9. The second-order valence-electron chi connectivity index (χ2n) is 10.7. The quantitative estimate of drug-likeness (QED) is 0.473. The predicted molar refractivity (Wildman–Crippen MR) is 150 cm³/mol. The molecule has 3 fully saturated rings. The van der Waals surface area contributed by atoms with Crippen LogP contribution in [0.3, 0.4) is 0 Å². The van der Waals surface area contributed by atoms with E-state index in [1.807, 2.05) is 31.2 Å². The van der Waals surface area contributed by atoms with E-state index in [0.717, 1.165) is 28.9 Å². The Morgan fingerprint density at radius 3 is 2.66 bits per heavy atom. The van der Waals surface area contributed by atoms with Crippen molar-refractivity contribution in [2.75, 3.05) is 33.9 Å². The van der Waals surface area contributed by atoms with E-state index in [-0.39, 0.29) is 24.5 Å². The third kappa shape index (κ3) is 4.81. The van der Waals surface area contributed by atoms with E-state index in [0.29, 0.717) is 37.7 Å². The number of amides is 4. The third-order valence-electron chi connectivity index (χ3n) is 8.38. The number of hydrogen-bond donors (Lipinski definition) is 1. The molecule has 0 spiro atoms. The van der Waals surface area contributed by atoms with Gasteiger partial charge in [-0.15, -0.1) is 0 Å². The van der Waals surface area contributed by atoms with Crippen molar-refractivity contribution in [3.8, 4) is 5.75 Å². The average Bonchev–Trinajstić information content (AvgIpc) is 3.44. The number of carbonyl (C=O) groups excluding carboxylic acids is 3. The summed E-state index contributed by atoms with van der Waals surface area (Å²) in [4.78, 5) is 49.4. The van der Waals surface area contributed by atoms with Gasteiger partial charge in [0, 0.05) is 25.8 Å². The first-order valence-electron chi connectivity index (χ1n) is 13.9. The molecule has 11 nitrogen and oxygen atoms in total. The molecular weight excluding hydrogens is 548 g/mol. The topological polar surface area (TPSA) is 123 Å². The van der Waals surface area contributed by atoms with Gasteiger partial charge in [0.05, 0.1) is 42.2 Å².